The zero-order valence-electron chi connectivity index (χ0n) is 11.8. The number of hydrogen-bond acceptors (Lipinski definition) is 4. The minimum atomic E-state index is -0.930. The van der Waals surface area contributed by atoms with Crippen molar-refractivity contribution in [2.24, 2.45) is 0 Å². The Morgan fingerprint density at radius 2 is 2.11 bits per heavy atom. The molecule has 0 bridgehead atoms. The monoisotopic (exact) mass is 271 g/mol. The third-order valence-electron chi connectivity index (χ3n) is 3.31. The van der Waals surface area contributed by atoms with Crippen molar-refractivity contribution in [3.63, 3.8) is 0 Å². The van der Waals surface area contributed by atoms with Gasteiger partial charge in [0.2, 0.25) is 5.91 Å². The smallest absolute Gasteiger partial charge is 0.325 e. The van der Waals surface area contributed by atoms with E-state index >= 15 is 0 Å². The summed E-state index contributed by atoms with van der Waals surface area (Å²) in [5.74, 6) is -0.774. The molecule has 0 aliphatic carbocycles. The molecule has 1 fully saturated rings. The van der Waals surface area contributed by atoms with Gasteiger partial charge in [-0.1, -0.05) is 6.92 Å². The van der Waals surface area contributed by atoms with E-state index in [-0.39, 0.29) is 19.0 Å². The number of carbonyl (C=O) groups excluding carboxylic acids is 3. The number of nitrogens with zero attached hydrogens (tertiary/aromatic N) is 2. The van der Waals surface area contributed by atoms with Gasteiger partial charge in [-0.2, -0.15) is 0 Å². The van der Waals surface area contributed by atoms with Gasteiger partial charge in [-0.25, -0.2) is 4.79 Å². The molecule has 0 aromatic carbocycles. The number of hydrogen-bond donors (Lipinski definition) is 2. The molecule has 0 saturated carbocycles. The fourth-order valence-corrected chi connectivity index (χ4v) is 1.88. The number of urea groups is 1. The number of imide groups is 1. The molecule has 2 atom stereocenters. The predicted octanol–water partition coefficient (Wildman–Crippen LogP) is -0.454. The van der Waals surface area contributed by atoms with E-state index < -0.39 is 23.6 Å². The van der Waals surface area contributed by atoms with Crippen LogP contribution in [0.3, 0.4) is 0 Å². The van der Waals surface area contributed by atoms with Crippen LogP contribution in [0.5, 0.6) is 0 Å². The maximum atomic E-state index is 12.1. The lowest BCUT2D eigenvalue weighted by Gasteiger charge is -2.22. The third-order valence-corrected chi connectivity index (χ3v) is 3.31. The summed E-state index contributed by atoms with van der Waals surface area (Å²) in [7, 11) is 1.52. The van der Waals surface area contributed by atoms with E-state index in [1.54, 1.807) is 20.8 Å². The van der Waals surface area contributed by atoms with Crippen molar-refractivity contribution in [2.45, 2.75) is 38.8 Å². The molecule has 0 aromatic heterocycles. The number of rotatable bonds is 5. The average molecular weight is 271 g/mol. The molecule has 7 heteroatoms. The van der Waals surface area contributed by atoms with Crippen LogP contribution in [-0.4, -0.2) is 64.5 Å². The summed E-state index contributed by atoms with van der Waals surface area (Å²) in [6.45, 7) is 4.85. The third kappa shape index (κ3) is 3.23. The SMILES string of the molecule is CCC1(C)NC(=O)N(CC(=O)N(C)CC(C)O)C1=O. The lowest BCUT2D eigenvalue weighted by molar-refractivity contribution is -0.138. The Hall–Kier alpha value is -1.63. The molecule has 108 valence electrons. The van der Waals surface area contributed by atoms with Crippen molar-refractivity contribution in [2.75, 3.05) is 20.1 Å². The van der Waals surface area contributed by atoms with Crippen LogP contribution in [0.2, 0.25) is 0 Å². The van der Waals surface area contributed by atoms with E-state index in [1.165, 1.54) is 11.9 Å². The van der Waals surface area contributed by atoms with Crippen molar-refractivity contribution in [1.29, 1.82) is 0 Å². The molecular weight excluding hydrogens is 250 g/mol. The summed E-state index contributed by atoms with van der Waals surface area (Å²) >= 11 is 0. The van der Waals surface area contributed by atoms with Crippen molar-refractivity contribution in [3.8, 4) is 0 Å². The van der Waals surface area contributed by atoms with Crippen LogP contribution in [0.1, 0.15) is 27.2 Å². The fraction of sp³-hybridized carbons (Fsp3) is 0.750. The Bertz CT molecular complexity index is 396. The van der Waals surface area contributed by atoms with E-state index in [0.29, 0.717) is 6.42 Å². The van der Waals surface area contributed by atoms with Gasteiger partial charge in [-0.05, 0) is 20.3 Å². The number of amides is 4. The topological polar surface area (TPSA) is 90.0 Å². The number of carbonyl (C=O) groups is 3. The van der Waals surface area contributed by atoms with Crippen molar-refractivity contribution in [1.82, 2.24) is 15.1 Å². The quantitative estimate of drug-likeness (QED) is 0.662. The van der Waals surface area contributed by atoms with E-state index in [1.807, 2.05) is 0 Å². The lowest BCUT2D eigenvalue weighted by Crippen LogP contribution is -2.45. The highest BCUT2D eigenvalue weighted by atomic mass is 16.3. The van der Waals surface area contributed by atoms with Crippen LogP contribution >= 0.6 is 0 Å². The van der Waals surface area contributed by atoms with Gasteiger partial charge in [0.1, 0.15) is 12.1 Å². The van der Waals surface area contributed by atoms with Crippen LogP contribution in [0, 0.1) is 0 Å². The summed E-state index contributed by atoms with van der Waals surface area (Å²) in [6.07, 6.45) is -0.191. The first-order valence-corrected chi connectivity index (χ1v) is 6.27. The van der Waals surface area contributed by atoms with Crippen molar-refractivity contribution in [3.05, 3.63) is 0 Å². The molecule has 1 heterocycles. The first kappa shape index (κ1) is 15.4. The largest absolute Gasteiger partial charge is 0.392 e. The summed E-state index contributed by atoms with van der Waals surface area (Å²) in [5.41, 5.74) is -0.930. The van der Waals surface area contributed by atoms with E-state index in [0.717, 1.165) is 4.90 Å². The molecule has 0 aromatic rings. The van der Waals surface area contributed by atoms with Crippen molar-refractivity contribution < 1.29 is 19.5 Å². The van der Waals surface area contributed by atoms with Crippen molar-refractivity contribution >= 4 is 17.8 Å². The molecule has 0 spiro atoms. The summed E-state index contributed by atoms with van der Waals surface area (Å²) in [5, 5.41) is 11.8. The van der Waals surface area contributed by atoms with Crippen LogP contribution < -0.4 is 5.32 Å². The van der Waals surface area contributed by atoms with E-state index in [2.05, 4.69) is 5.32 Å². The Morgan fingerprint density at radius 1 is 1.53 bits per heavy atom. The Morgan fingerprint density at radius 3 is 2.53 bits per heavy atom. The minimum absolute atomic E-state index is 0.160. The number of likely N-dealkylation sites (N-methyl/N-ethyl adjacent to an activating group) is 1. The van der Waals surface area contributed by atoms with Gasteiger partial charge in [0.25, 0.3) is 5.91 Å². The second kappa shape index (κ2) is 5.56. The molecular formula is C12H21N3O4. The second-order valence-electron chi connectivity index (χ2n) is 5.13. The molecule has 0 radical (unpaired) electrons. The number of aliphatic hydroxyl groups excluding tert-OH is 1. The zero-order chi connectivity index (χ0) is 14.8. The van der Waals surface area contributed by atoms with Crippen LogP contribution in [0.4, 0.5) is 4.79 Å². The molecule has 4 amide bonds. The van der Waals surface area contributed by atoms with E-state index in [4.69, 9.17) is 0 Å². The van der Waals surface area contributed by atoms with Gasteiger partial charge in [-0.3, -0.25) is 14.5 Å². The number of nitrogens with one attached hydrogen (secondary N) is 1. The molecule has 1 saturated heterocycles. The summed E-state index contributed by atoms with van der Waals surface area (Å²) in [4.78, 5) is 37.9. The van der Waals surface area contributed by atoms with Crippen LogP contribution in [-0.2, 0) is 9.59 Å². The predicted molar refractivity (Wildman–Crippen MR) is 68.3 cm³/mol. The van der Waals surface area contributed by atoms with E-state index in [9.17, 15) is 19.5 Å². The van der Waals surface area contributed by atoms with Gasteiger partial charge < -0.3 is 15.3 Å². The molecule has 1 rings (SSSR count). The highest BCUT2D eigenvalue weighted by molar-refractivity contribution is 6.08. The fourth-order valence-electron chi connectivity index (χ4n) is 1.88. The molecule has 2 N–H and O–H groups in total. The maximum Gasteiger partial charge on any atom is 0.325 e. The van der Waals surface area contributed by atoms with Gasteiger partial charge >= 0.3 is 6.03 Å². The first-order valence-electron chi connectivity index (χ1n) is 6.27. The Kier molecular flexibility index (Phi) is 4.52. The maximum absolute atomic E-state index is 12.1. The molecule has 1 aliphatic heterocycles. The summed E-state index contributed by atoms with van der Waals surface area (Å²) < 4.78 is 0. The molecule has 2 unspecified atom stereocenters. The minimum Gasteiger partial charge on any atom is -0.392 e. The highest BCUT2D eigenvalue weighted by Crippen LogP contribution is 2.20. The van der Waals surface area contributed by atoms with Crippen LogP contribution in [0.15, 0.2) is 0 Å². The molecule has 1 aliphatic rings. The first-order chi connectivity index (χ1) is 8.71. The van der Waals surface area contributed by atoms with Gasteiger partial charge in [0.05, 0.1) is 6.10 Å². The average Bonchev–Trinajstić information content (AvgIpc) is 2.52. The Balaban J connectivity index is 2.70. The summed E-state index contributed by atoms with van der Waals surface area (Å²) in [6, 6.07) is -0.548. The number of aliphatic hydroxyl groups is 1. The normalized spacial score (nSPS) is 24.4. The lowest BCUT2D eigenvalue weighted by atomic mass is 9.99. The second-order valence-corrected chi connectivity index (χ2v) is 5.13. The highest BCUT2D eigenvalue weighted by Gasteiger charge is 2.47. The molecule has 19 heavy (non-hydrogen) atoms. The van der Waals surface area contributed by atoms with Gasteiger partial charge in [0.15, 0.2) is 0 Å². The zero-order valence-corrected chi connectivity index (χ0v) is 11.8. The Labute approximate surface area is 112 Å². The van der Waals surface area contributed by atoms with Crippen LogP contribution in [0.25, 0.3) is 0 Å². The molecule has 7 nitrogen and oxygen atoms in total. The van der Waals surface area contributed by atoms with Gasteiger partial charge in [0, 0.05) is 13.6 Å². The standard InChI is InChI=1S/C12H21N3O4/c1-5-12(3)10(18)15(11(19)13-12)7-9(17)14(4)6-8(2)16/h8,16H,5-7H2,1-4H3,(H,13,19). The van der Waals surface area contributed by atoms with Gasteiger partial charge in [-0.15, -0.1) is 0 Å².